The van der Waals surface area contributed by atoms with Gasteiger partial charge in [-0.1, -0.05) is 29.8 Å². The topological polar surface area (TPSA) is 85.5 Å². The van der Waals surface area contributed by atoms with E-state index < -0.39 is 5.91 Å². The lowest BCUT2D eigenvalue weighted by Crippen LogP contribution is -2.36. The van der Waals surface area contributed by atoms with E-state index in [1.165, 1.54) is 6.20 Å². The van der Waals surface area contributed by atoms with Crippen LogP contribution in [0.2, 0.25) is 5.02 Å². The number of hydrogen-bond acceptors (Lipinski definition) is 4. The summed E-state index contributed by atoms with van der Waals surface area (Å²) in [6.45, 7) is 0.479. The Balaban J connectivity index is 1.77. The zero-order valence-electron chi connectivity index (χ0n) is 15.4. The van der Waals surface area contributed by atoms with Crippen LogP contribution in [0.15, 0.2) is 67.0 Å². The van der Waals surface area contributed by atoms with E-state index >= 15 is 0 Å². The molecule has 0 radical (unpaired) electrons. The Morgan fingerprint density at radius 3 is 2.76 bits per heavy atom. The summed E-state index contributed by atoms with van der Waals surface area (Å²) < 4.78 is 5.79. The molecule has 2 aromatic carbocycles. The molecule has 2 amide bonds. The third-order valence-electron chi connectivity index (χ3n) is 4.90. The Hall–Kier alpha value is -3.38. The summed E-state index contributed by atoms with van der Waals surface area (Å²) in [5.74, 6) is -0.0779. The molecule has 3 aromatic rings. The second kappa shape index (κ2) is 7.93. The van der Waals surface area contributed by atoms with Crippen molar-refractivity contribution in [3.63, 3.8) is 0 Å². The van der Waals surface area contributed by atoms with E-state index in [2.05, 4.69) is 4.98 Å². The van der Waals surface area contributed by atoms with Gasteiger partial charge < -0.3 is 15.4 Å². The van der Waals surface area contributed by atoms with E-state index in [-0.39, 0.29) is 18.5 Å². The zero-order valence-corrected chi connectivity index (χ0v) is 16.2. The van der Waals surface area contributed by atoms with Crippen molar-refractivity contribution in [3.05, 3.63) is 94.3 Å². The van der Waals surface area contributed by atoms with Gasteiger partial charge in [-0.25, -0.2) is 0 Å². The van der Waals surface area contributed by atoms with Gasteiger partial charge in [-0.2, -0.15) is 0 Å². The highest BCUT2D eigenvalue weighted by Gasteiger charge is 2.34. The number of pyridine rings is 1. The van der Waals surface area contributed by atoms with E-state index in [1.807, 2.05) is 6.07 Å². The molecule has 29 heavy (non-hydrogen) atoms. The van der Waals surface area contributed by atoms with Gasteiger partial charge in [0.2, 0.25) is 5.91 Å². The fourth-order valence-corrected chi connectivity index (χ4v) is 3.67. The van der Waals surface area contributed by atoms with Crippen LogP contribution in [0.3, 0.4) is 0 Å². The normalized spacial score (nSPS) is 14.7. The highest BCUT2D eigenvalue weighted by molar-refractivity contribution is 6.30. The van der Waals surface area contributed by atoms with Gasteiger partial charge in [0.05, 0.1) is 11.6 Å². The number of hydrogen-bond donors (Lipinski definition) is 1. The zero-order chi connectivity index (χ0) is 20.4. The number of nitrogens with two attached hydrogens (primary N) is 1. The summed E-state index contributed by atoms with van der Waals surface area (Å²) in [5, 5.41) is 0.561. The first-order chi connectivity index (χ1) is 14.0. The minimum absolute atomic E-state index is 0.187. The smallest absolute Gasteiger partial charge is 0.256 e. The number of halogens is 1. The number of ether oxygens (including phenoxy) is 1. The van der Waals surface area contributed by atoms with Gasteiger partial charge in [0, 0.05) is 35.1 Å². The number of fused-ring (bicyclic) bond motifs is 1. The molecule has 1 unspecified atom stereocenters. The molecular weight excluding hydrogens is 390 g/mol. The Labute approximate surface area is 172 Å². The van der Waals surface area contributed by atoms with Crippen LogP contribution >= 0.6 is 11.6 Å². The number of amides is 2. The summed E-state index contributed by atoms with van der Waals surface area (Å²) in [6.07, 6.45) is 3.13. The molecule has 1 aromatic heterocycles. The molecule has 4 rings (SSSR count). The van der Waals surface area contributed by atoms with Gasteiger partial charge in [0.15, 0.2) is 0 Å². The van der Waals surface area contributed by atoms with Crippen LogP contribution in [-0.2, 0) is 6.54 Å². The number of benzene rings is 2. The first-order valence-corrected chi connectivity index (χ1v) is 9.43. The largest absolute Gasteiger partial charge is 0.491 e. The molecule has 0 saturated heterocycles. The summed E-state index contributed by atoms with van der Waals surface area (Å²) in [6, 6.07) is 15.4. The molecule has 1 atom stereocenters. The van der Waals surface area contributed by atoms with Gasteiger partial charge in [0.1, 0.15) is 12.4 Å². The van der Waals surface area contributed by atoms with E-state index in [9.17, 15) is 9.59 Å². The average molecular weight is 408 g/mol. The molecule has 1 aliphatic rings. The minimum atomic E-state index is -0.541. The lowest BCUT2D eigenvalue weighted by molar-refractivity contribution is 0.0628. The van der Waals surface area contributed by atoms with E-state index in [0.717, 1.165) is 5.56 Å². The second-order valence-electron chi connectivity index (χ2n) is 6.71. The van der Waals surface area contributed by atoms with Gasteiger partial charge in [-0.05, 0) is 42.0 Å². The predicted molar refractivity (Wildman–Crippen MR) is 109 cm³/mol. The monoisotopic (exact) mass is 407 g/mol. The van der Waals surface area contributed by atoms with Gasteiger partial charge >= 0.3 is 0 Å². The SMILES string of the molecule is NC(=O)c1ccccc1CN(C(=O)c1cccnc1)C1COc2ccc(Cl)cc21. The van der Waals surface area contributed by atoms with Gasteiger partial charge in [0.25, 0.3) is 5.91 Å². The van der Waals surface area contributed by atoms with Crippen molar-refractivity contribution >= 4 is 23.4 Å². The highest BCUT2D eigenvalue weighted by atomic mass is 35.5. The Kier molecular flexibility index (Phi) is 5.18. The number of aromatic nitrogens is 1. The molecule has 6 nitrogen and oxygen atoms in total. The number of rotatable bonds is 5. The fourth-order valence-electron chi connectivity index (χ4n) is 3.49. The summed E-state index contributed by atoms with van der Waals surface area (Å²) >= 11 is 6.19. The van der Waals surface area contributed by atoms with Crippen LogP contribution in [0, 0.1) is 0 Å². The summed E-state index contributed by atoms with van der Waals surface area (Å²) in [5.41, 5.74) is 7.84. The Morgan fingerprint density at radius 2 is 2.00 bits per heavy atom. The van der Waals surface area contributed by atoms with Crippen LogP contribution < -0.4 is 10.5 Å². The summed E-state index contributed by atoms with van der Waals surface area (Å²) in [4.78, 5) is 31.0. The predicted octanol–water partition coefficient (Wildman–Crippen LogP) is 3.61. The standard InChI is InChI=1S/C22H18ClN3O3/c23-16-7-8-20-18(10-16)19(13-29-20)26(22(28)14-5-3-9-25-11-14)12-15-4-1-2-6-17(15)21(24)27/h1-11,19H,12-13H2,(H2,24,27). The lowest BCUT2D eigenvalue weighted by atomic mass is 10.0. The maximum absolute atomic E-state index is 13.4. The molecule has 0 saturated carbocycles. The molecule has 7 heteroatoms. The van der Waals surface area contributed by atoms with E-state index in [0.29, 0.717) is 34.1 Å². The quantitative estimate of drug-likeness (QED) is 0.700. The Morgan fingerprint density at radius 1 is 1.17 bits per heavy atom. The molecule has 1 aliphatic heterocycles. The number of nitrogens with zero attached hydrogens (tertiary/aromatic N) is 2. The van der Waals surface area contributed by atoms with Gasteiger partial charge in [-0.15, -0.1) is 0 Å². The van der Waals surface area contributed by atoms with Crippen molar-refractivity contribution in [1.29, 1.82) is 0 Å². The molecule has 0 bridgehead atoms. The van der Waals surface area contributed by atoms with Crippen molar-refractivity contribution in [2.24, 2.45) is 5.73 Å². The molecule has 146 valence electrons. The third-order valence-corrected chi connectivity index (χ3v) is 5.13. The Bertz CT molecular complexity index is 1070. The molecule has 0 fully saturated rings. The summed E-state index contributed by atoms with van der Waals surface area (Å²) in [7, 11) is 0. The van der Waals surface area contributed by atoms with E-state index in [1.54, 1.807) is 59.6 Å². The van der Waals surface area contributed by atoms with Crippen LogP contribution in [0.4, 0.5) is 0 Å². The molecule has 0 spiro atoms. The first kappa shape index (κ1) is 19.0. The average Bonchev–Trinajstić information content (AvgIpc) is 3.15. The van der Waals surface area contributed by atoms with Crippen molar-refractivity contribution in [2.75, 3.05) is 6.61 Å². The molecule has 0 aliphatic carbocycles. The first-order valence-electron chi connectivity index (χ1n) is 9.05. The van der Waals surface area contributed by atoms with Crippen molar-refractivity contribution in [3.8, 4) is 5.75 Å². The van der Waals surface area contributed by atoms with Crippen LogP contribution in [0.25, 0.3) is 0 Å². The maximum Gasteiger partial charge on any atom is 0.256 e. The lowest BCUT2D eigenvalue weighted by Gasteiger charge is -2.29. The number of carbonyl (C=O) groups is 2. The van der Waals surface area contributed by atoms with Crippen LogP contribution in [0.1, 0.15) is 37.9 Å². The van der Waals surface area contributed by atoms with E-state index in [4.69, 9.17) is 22.1 Å². The van der Waals surface area contributed by atoms with Gasteiger partial charge in [-0.3, -0.25) is 14.6 Å². The van der Waals surface area contributed by atoms with Crippen LogP contribution in [0.5, 0.6) is 5.75 Å². The minimum Gasteiger partial charge on any atom is -0.491 e. The number of carbonyl (C=O) groups excluding carboxylic acids is 2. The molecule has 2 heterocycles. The highest BCUT2D eigenvalue weighted by Crippen LogP contribution is 2.39. The van der Waals surface area contributed by atoms with Crippen LogP contribution in [-0.4, -0.2) is 28.3 Å². The molecular formula is C22H18ClN3O3. The van der Waals surface area contributed by atoms with Crippen molar-refractivity contribution in [2.45, 2.75) is 12.6 Å². The van der Waals surface area contributed by atoms with Crippen molar-refractivity contribution < 1.29 is 14.3 Å². The number of primary amides is 1. The third kappa shape index (κ3) is 3.79. The van der Waals surface area contributed by atoms with Crippen molar-refractivity contribution in [1.82, 2.24) is 9.88 Å². The second-order valence-corrected chi connectivity index (χ2v) is 7.14. The molecule has 2 N–H and O–H groups in total. The maximum atomic E-state index is 13.4. The fraction of sp³-hybridized carbons (Fsp3) is 0.136.